The Labute approximate surface area is 131 Å². The van der Waals surface area contributed by atoms with E-state index in [4.69, 9.17) is 0 Å². The Kier molecular flexibility index (Phi) is 7.18. The summed E-state index contributed by atoms with van der Waals surface area (Å²) < 4.78 is 0. The van der Waals surface area contributed by atoms with Gasteiger partial charge in [-0.15, -0.1) is 0 Å². The molecule has 0 radical (unpaired) electrons. The Balaban J connectivity index is 2.48. The molecular formula is C17H25NO4. The summed E-state index contributed by atoms with van der Waals surface area (Å²) in [4.78, 5) is 34.7. The van der Waals surface area contributed by atoms with Crippen molar-refractivity contribution in [2.45, 2.75) is 52.6 Å². The SMILES string of the molecule is C/C=C/C(C)=C\[C@@H](C)C(=O)C[C@H](O)CC1CC(=O)NC(=O)C1. The molecule has 1 aliphatic rings. The van der Waals surface area contributed by atoms with Gasteiger partial charge >= 0.3 is 0 Å². The number of imide groups is 1. The van der Waals surface area contributed by atoms with Gasteiger partial charge in [-0.3, -0.25) is 19.7 Å². The van der Waals surface area contributed by atoms with E-state index in [1.165, 1.54) is 0 Å². The Morgan fingerprint density at radius 3 is 2.50 bits per heavy atom. The number of aliphatic hydroxyl groups excluding tert-OH is 1. The summed E-state index contributed by atoms with van der Waals surface area (Å²) in [7, 11) is 0. The van der Waals surface area contributed by atoms with Gasteiger partial charge in [0, 0.05) is 25.2 Å². The first kappa shape index (κ1) is 18.3. The van der Waals surface area contributed by atoms with Gasteiger partial charge in [-0.25, -0.2) is 0 Å². The smallest absolute Gasteiger partial charge is 0.226 e. The Bertz CT molecular complexity index is 477. The zero-order chi connectivity index (χ0) is 16.7. The lowest BCUT2D eigenvalue weighted by Crippen LogP contribution is -2.39. The van der Waals surface area contributed by atoms with E-state index in [0.717, 1.165) is 5.57 Å². The molecule has 0 spiro atoms. The minimum Gasteiger partial charge on any atom is -0.393 e. The van der Waals surface area contributed by atoms with Crippen LogP contribution in [-0.4, -0.2) is 28.8 Å². The summed E-state index contributed by atoms with van der Waals surface area (Å²) in [5, 5.41) is 12.3. The van der Waals surface area contributed by atoms with E-state index in [2.05, 4.69) is 5.32 Å². The second kappa shape index (κ2) is 8.63. The van der Waals surface area contributed by atoms with Crippen LogP contribution in [0.2, 0.25) is 0 Å². The van der Waals surface area contributed by atoms with Crippen molar-refractivity contribution in [3.63, 3.8) is 0 Å². The molecule has 1 rings (SSSR count). The Hall–Kier alpha value is -1.75. The lowest BCUT2D eigenvalue weighted by atomic mass is 9.88. The van der Waals surface area contributed by atoms with E-state index in [0.29, 0.717) is 6.42 Å². The van der Waals surface area contributed by atoms with Crippen molar-refractivity contribution in [2.24, 2.45) is 11.8 Å². The molecule has 0 aromatic carbocycles. The summed E-state index contributed by atoms with van der Waals surface area (Å²) in [6.07, 6.45) is 5.69. The monoisotopic (exact) mass is 307 g/mol. The summed E-state index contributed by atoms with van der Waals surface area (Å²) >= 11 is 0. The number of hydrogen-bond acceptors (Lipinski definition) is 4. The molecule has 0 bridgehead atoms. The molecule has 0 unspecified atom stereocenters. The van der Waals surface area contributed by atoms with Crippen LogP contribution in [0, 0.1) is 11.8 Å². The third kappa shape index (κ3) is 6.35. The van der Waals surface area contributed by atoms with Crippen molar-refractivity contribution >= 4 is 17.6 Å². The lowest BCUT2D eigenvalue weighted by molar-refractivity contribution is -0.135. The van der Waals surface area contributed by atoms with E-state index >= 15 is 0 Å². The average Bonchev–Trinajstić information content (AvgIpc) is 2.36. The number of carbonyl (C=O) groups excluding carboxylic acids is 3. The number of nitrogens with one attached hydrogen (secondary N) is 1. The highest BCUT2D eigenvalue weighted by atomic mass is 16.3. The Morgan fingerprint density at radius 2 is 1.95 bits per heavy atom. The second-order valence-corrected chi connectivity index (χ2v) is 6.00. The normalized spacial score (nSPS) is 20.1. The van der Waals surface area contributed by atoms with Gasteiger partial charge in [-0.2, -0.15) is 0 Å². The number of aliphatic hydroxyl groups is 1. The maximum atomic E-state index is 12.1. The predicted octanol–water partition coefficient (Wildman–Crippen LogP) is 1.91. The first-order chi connectivity index (χ1) is 10.3. The summed E-state index contributed by atoms with van der Waals surface area (Å²) in [6, 6.07) is 0. The molecule has 1 aliphatic heterocycles. The largest absolute Gasteiger partial charge is 0.393 e. The molecule has 0 aromatic rings. The molecule has 0 saturated carbocycles. The minimum absolute atomic E-state index is 0.0389. The van der Waals surface area contributed by atoms with Gasteiger partial charge in [-0.05, 0) is 26.2 Å². The van der Waals surface area contributed by atoms with Crippen LogP contribution in [0.15, 0.2) is 23.8 Å². The van der Waals surface area contributed by atoms with E-state index in [1.54, 1.807) is 6.92 Å². The number of Topliss-reactive ketones (excluding diaryl/α,β-unsaturated/α-hetero) is 1. The van der Waals surface area contributed by atoms with Crippen LogP contribution in [0.3, 0.4) is 0 Å². The predicted molar refractivity (Wildman–Crippen MR) is 83.9 cm³/mol. The summed E-state index contributed by atoms with van der Waals surface area (Å²) in [5.74, 6) is -1.10. The van der Waals surface area contributed by atoms with Crippen LogP contribution in [0.25, 0.3) is 0 Å². The number of allylic oxidation sites excluding steroid dienone is 4. The van der Waals surface area contributed by atoms with E-state index < -0.39 is 6.10 Å². The molecule has 2 N–H and O–H groups in total. The van der Waals surface area contributed by atoms with E-state index in [9.17, 15) is 19.5 Å². The maximum Gasteiger partial charge on any atom is 0.226 e. The van der Waals surface area contributed by atoms with Crippen molar-refractivity contribution in [1.82, 2.24) is 5.32 Å². The number of amides is 2. The van der Waals surface area contributed by atoms with Gasteiger partial charge in [0.05, 0.1) is 6.10 Å². The number of ketones is 1. The Morgan fingerprint density at radius 1 is 1.36 bits per heavy atom. The number of carbonyl (C=O) groups is 3. The van der Waals surface area contributed by atoms with E-state index in [1.807, 2.05) is 32.1 Å². The fraction of sp³-hybridized carbons (Fsp3) is 0.588. The quantitative estimate of drug-likeness (QED) is 0.556. The van der Waals surface area contributed by atoms with Crippen LogP contribution < -0.4 is 5.32 Å². The third-order valence-electron chi connectivity index (χ3n) is 3.72. The van der Waals surface area contributed by atoms with Gasteiger partial charge in [0.2, 0.25) is 11.8 Å². The number of hydrogen-bond donors (Lipinski definition) is 2. The zero-order valence-electron chi connectivity index (χ0n) is 13.5. The highest BCUT2D eigenvalue weighted by Crippen LogP contribution is 2.21. The standard InChI is InChI=1S/C17H25NO4/c1-4-5-11(2)6-12(3)15(20)10-14(19)7-13-8-16(21)18-17(22)9-13/h4-6,12-14,19H,7-10H2,1-3H3,(H,18,21,22)/b5-4+,11-6-/t12-,14-/m1/s1. The summed E-state index contributed by atoms with van der Waals surface area (Å²) in [5.41, 5.74) is 1.01. The molecule has 5 heteroatoms. The fourth-order valence-electron chi connectivity index (χ4n) is 2.71. The highest BCUT2D eigenvalue weighted by Gasteiger charge is 2.27. The third-order valence-corrected chi connectivity index (χ3v) is 3.72. The number of rotatable bonds is 7. The van der Waals surface area contributed by atoms with Gasteiger partial charge in [0.25, 0.3) is 0 Å². The van der Waals surface area contributed by atoms with Crippen LogP contribution in [0.4, 0.5) is 0 Å². The fourth-order valence-corrected chi connectivity index (χ4v) is 2.71. The zero-order valence-corrected chi connectivity index (χ0v) is 13.5. The molecule has 0 aliphatic carbocycles. The molecule has 122 valence electrons. The molecule has 22 heavy (non-hydrogen) atoms. The van der Waals surface area contributed by atoms with Crippen LogP contribution in [0.1, 0.15) is 46.5 Å². The topological polar surface area (TPSA) is 83.5 Å². The minimum atomic E-state index is -0.811. The van der Waals surface area contributed by atoms with Crippen molar-refractivity contribution in [3.05, 3.63) is 23.8 Å². The average molecular weight is 307 g/mol. The van der Waals surface area contributed by atoms with Crippen LogP contribution >= 0.6 is 0 Å². The van der Waals surface area contributed by atoms with Crippen molar-refractivity contribution in [2.75, 3.05) is 0 Å². The summed E-state index contributed by atoms with van der Waals surface area (Å²) in [6.45, 7) is 5.64. The number of piperidine rings is 1. The van der Waals surface area contributed by atoms with E-state index in [-0.39, 0.29) is 48.7 Å². The maximum absolute atomic E-state index is 12.1. The second-order valence-electron chi connectivity index (χ2n) is 6.00. The van der Waals surface area contributed by atoms with Crippen LogP contribution in [-0.2, 0) is 14.4 Å². The molecule has 1 heterocycles. The van der Waals surface area contributed by atoms with Crippen molar-refractivity contribution in [3.8, 4) is 0 Å². The van der Waals surface area contributed by atoms with Gasteiger partial charge < -0.3 is 5.11 Å². The molecule has 1 saturated heterocycles. The van der Waals surface area contributed by atoms with Crippen LogP contribution in [0.5, 0.6) is 0 Å². The highest BCUT2D eigenvalue weighted by molar-refractivity contribution is 5.97. The van der Waals surface area contributed by atoms with Gasteiger partial charge in [0.15, 0.2) is 0 Å². The molecule has 1 fully saturated rings. The molecule has 5 nitrogen and oxygen atoms in total. The van der Waals surface area contributed by atoms with Gasteiger partial charge in [0.1, 0.15) is 5.78 Å². The van der Waals surface area contributed by atoms with Gasteiger partial charge in [-0.1, -0.05) is 30.7 Å². The molecule has 2 atom stereocenters. The first-order valence-corrected chi connectivity index (χ1v) is 7.66. The molecule has 0 aromatic heterocycles. The lowest BCUT2D eigenvalue weighted by Gasteiger charge is -2.23. The van der Waals surface area contributed by atoms with Crippen molar-refractivity contribution in [1.29, 1.82) is 0 Å². The molecule has 2 amide bonds. The first-order valence-electron chi connectivity index (χ1n) is 7.66. The van der Waals surface area contributed by atoms with Crippen molar-refractivity contribution < 1.29 is 19.5 Å². The molecular weight excluding hydrogens is 282 g/mol.